The summed E-state index contributed by atoms with van der Waals surface area (Å²) < 4.78 is 30.9. The molecule has 0 saturated heterocycles. The Labute approximate surface area is 82.7 Å². The number of rotatable bonds is 3. The van der Waals surface area contributed by atoms with Gasteiger partial charge in [-0.15, -0.1) is 0 Å². The highest BCUT2D eigenvalue weighted by Crippen LogP contribution is 2.27. The van der Waals surface area contributed by atoms with E-state index in [-0.39, 0.29) is 5.75 Å². The van der Waals surface area contributed by atoms with Gasteiger partial charge in [0.15, 0.2) is 5.75 Å². The van der Waals surface area contributed by atoms with Crippen molar-refractivity contribution in [1.29, 1.82) is 0 Å². The molecule has 5 nitrogen and oxygen atoms in total. The summed E-state index contributed by atoms with van der Waals surface area (Å²) >= 11 is 0. The van der Waals surface area contributed by atoms with Crippen LogP contribution < -0.4 is 14.1 Å². The maximum Gasteiger partial charge on any atom is 0.380 e. The van der Waals surface area contributed by atoms with Crippen LogP contribution in [0.1, 0.15) is 5.56 Å². The first-order chi connectivity index (χ1) is 6.44. The van der Waals surface area contributed by atoms with E-state index in [0.29, 0.717) is 11.3 Å². The molecule has 0 fully saturated rings. The first-order valence-corrected chi connectivity index (χ1v) is 5.27. The molecule has 0 bridgehead atoms. The van der Waals surface area contributed by atoms with Crippen LogP contribution >= 0.6 is 0 Å². The molecule has 2 N–H and O–H groups in total. The van der Waals surface area contributed by atoms with E-state index in [1.807, 2.05) is 0 Å². The maximum absolute atomic E-state index is 10.7. The maximum atomic E-state index is 10.7. The van der Waals surface area contributed by atoms with Gasteiger partial charge in [-0.3, -0.25) is 0 Å². The Morgan fingerprint density at radius 3 is 2.36 bits per heavy atom. The summed E-state index contributed by atoms with van der Waals surface area (Å²) in [5.74, 6) is 0.720. The Balaban J connectivity index is 3.10. The van der Waals surface area contributed by atoms with Gasteiger partial charge in [0.1, 0.15) is 5.75 Å². The van der Waals surface area contributed by atoms with E-state index in [0.717, 1.165) is 0 Å². The van der Waals surface area contributed by atoms with Gasteiger partial charge in [0.25, 0.3) is 0 Å². The average Bonchev–Trinajstić information content (AvgIpc) is 2.06. The Morgan fingerprint density at radius 2 is 1.86 bits per heavy atom. The van der Waals surface area contributed by atoms with Crippen molar-refractivity contribution in [2.24, 2.45) is 5.14 Å². The van der Waals surface area contributed by atoms with Crippen molar-refractivity contribution in [2.75, 3.05) is 7.11 Å². The summed E-state index contributed by atoms with van der Waals surface area (Å²) in [5.41, 5.74) is 0.587. The van der Waals surface area contributed by atoms with Crippen LogP contribution in [0.3, 0.4) is 0 Å². The Bertz CT molecular complexity index is 427. The lowest BCUT2D eigenvalue weighted by atomic mass is 10.2. The molecule has 0 unspecified atom stereocenters. The van der Waals surface area contributed by atoms with E-state index in [1.165, 1.54) is 13.2 Å². The van der Waals surface area contributed by atoms with Gasteiger partial charge in [0.2, 0.25) is 0 Å². The first kappa shape index (κ1) is 10.8. The van der Waals surface area contributed by atoms with Gasteiger partial charge in [0, 0.05) is 5.56 Å². The third-order valence-electron chi connectivity index (χ3n) is 1.66. The van der Waals surface area contributed by atoms with Crippen molar-refractivity contribution in [3.05, 3.63) is 23.8 Å². The number of hydrogen-bond donors (Lipinski definition) is 1. The molecule has 1 aromatic rings. The molecular weight excluding hydrogens is 206 g/mol. The molecule has 0 aliphatic heterocycles. The lowest BCUT2D eigenvalue weighted by Gasteiger charge is -2.09. The second-order valence-electron chi connectivity index (χ2n) is 2.66. The second-order valence-corrected chi connectivity index (χ2v) is 3.81. The quantitative estimate of drug-likeness (QED) is 0.803. The predicted octanol–water partition coefficient (Wildman–Crippen LogP) is 0.586. The van der Waals surface area contributed by atoms with Gasteiger partial charge < -0.3 is 8.92 Å². The van der Waals surface area contributed by atoms with Gasteiger partial charge in [-0.2, -0.15) is 13.6 Å². The Kier molecular flexibility index (Phi) is 2.97. The van der Waals surface area contributed by atoms with E-state index in [2.05, 4.69) is 4.18 Å². The highest BCUT2D eigenvalue weighted by atomic mass is 32.2. The highest BCUT2D eigenvalue weighted by Gasteiger charge is 2.10. The van der Waals surface area contributed by atoms with Gasteiger partial charge >= 0.3 is 10.3 Å². The van der Waals surface area contributed by atoms with E-state index in [4.69, 9.17) is 9.88 Å². The number of ether oxygens (including phenoxy) is 1. The van der Waals surface area contributed by atoms with Crippen LogP contribution in [0.25, 0.3) is 0 Å². The number of methoxy groups -OCH3 is 1. The minimum Gasteiger partial charge on any atom is -0.496 e. The van der Waals surface area contributed by atoms with Crippen LogP contribution in [-0.4, -0.2) is 15.5 Å². The average molecular weight is 217 g/mol. The fourth-order valence-electron chi connectivity index (χ4n) is 1.03. The summed E-state index contributed by atoms with van der Waals surface area (Å²) in [7, 11) is -2.49. The molecule has 0 saturated carbocycles. The molecule has 0 radical (unpaired) electrons. The first-order valence-electron chi connectivity index (χ1n) is 3.80. The van der Waals surface area contributed by atoms with Crippen LogP contribution in [0.4, 0.5) is 0 Å². The minimum absolute atomic E-state index is 0.173. The van der Waals surface area contributed by atoms with Crippen molar-refractivity contribution in [2.45, 2.75) is 6.92 Å². The third-order valence-corrected chi connectivity index (χ3v) is 2.07. The minimum atomic E-state index is -3.98. The molecule has 0 atom stereocenters. The molecule has 1 rings (SSSR count). The molecule has 0 aliphatic rings. The summed E-state index contributed by atoms with van der Waals surface area (Å²) in [6.07, 6.45) is 0. The normalized spacial score (nSPS) is 11.1. The Morgan fingerprint density at radius 1 is 1.29 bits per heavy atom. The summed E-state index contributed by atoms with van der Waals surface area (Å²) in [6, 6.07) is 4.82. The monoisotopic (exact) mass is 217 g/mol. The zero-order valence-electron chi connectivity index (χ0n) is 7.85. The van der Waals surface area contributed by atoms with Crippen molar-refractivity contribution < 1.29 is 17.3 Å². The standard InChI is InChI=1S/C8H11NO4S/c1-6-7(12-2)4-3-5-8(6)13-14(9,10)11/h3-5H,1-2H3,(H2,9,10,11). The fourth-order valence-corrected chi connectivity index (χ4v) is 1.46. The van der Waals surface area contributed by atoms with Gasteiger partial charge in [0.05, 0.1) is 7.11 Å². The van der Waals surface area contributed by atoms with Crippen LogP contribution in [0.2, 0.25) is 0 Å². The molecular formula is C8H11NO4S. The lowest BCUT2D eigenvalue weighted by molar-refractivity contribution is 0.407. The molecule has 0 heterocycles. The molecule has 0 aromatic heterocycles. The van der Waals surface area contributed by atoms with Gasteiger partial charge in [-0.1, -0.05) is 6.07 Å². The van der Waals surface area contributed by atoms with Crippen molar-refractivity contribution in [1.82, 2.24) is 0 Å². The van der Waals surface area contributed by atoms with E-state index < -0.39 is 10.3 Å². The van der Waals surface area contributed by atoms with Gasteiger partial charge in [-0.05, 0) is 19.1 Å². The van der Waals surface area contributed by atoms with E-state index in [1.54, 1.807) is 19.1 Å². The summed E-state index contributed by atoms with van der Waals surface area (Å²) in [5, 5.41) is 4.74. The second kappa shape index (κ2) is 3.85. The molecule has 1 aromatic carbocycles. The summed E-state index contributed by atoms with van der Waals surface area (Å²) in [6.45, 7) is 1.68. The lowest BCUT2D eigenvalue weighted by Crippen LogP contribution is -2.19. The van der Waals surface area contributed by atoms with Crippen molar-refractivity contribution >= 4 is 10.3 Å². The predicted molar refractivity (Wildman–Crippen MR) is 51.5 cm³/mol. The summed E-state index contributed by atoms with van der Waals surface area (Å²) in [4.78, 5) is 0. The molecule has 0 amide bonds. The highest BCUT2D eigenvalue weighted by molar-refractivity contribution is 7.84. The van der Waals surface area contributed by atoms with Crippen molar-refractivity contribution in [3.8, 4) is 11.5 Å². The van der Waals surface area contributed by atoms with E-state index in [9.17, 15) is 8.42 Å². The zero-order valence-corrected chi connectivity index (χ0v) is 8.67. The third kappa shape index (κ3) is 2.61. The SMILES string of the molecule is COc1cccc(OS(N)(=O)=O)c1C. The van der Waals surface area contributed by atoms with Gasteiger partial charge in [-0.25, -0.2) is 0 Å². The molecule has 0 spiro atoms. The largest absolute Gasteiger partial charge is 0.496 e. The molecule has 78 valence electrons. The number of benzene rings is 1. The smallest absolute Gasteiger partial charge is 0.380 e. The van der Waals surface area contributed by atoms with Crippen LogP contribution in [-0.2, 0) is 10.3 Å². The van der Waals surface area contributed by atoms with Crippen LogP contribution in [0, 0.1) is 6.92 Å². The topological polar surface area (TPSA) is 78.6 Å². The fraction of sp³-hybridized carbons (Fsp3) is 0.250. The van der Waals surface area contributed by atoms with Crippen LogP contribution in [0.5, 0.6) is 11.5 Å². The molecule has 6 heteroatoms. The number of hydrogen-bond acceptors (Lipinski definition) is 4. The van der Waals surface area contributed by atoms with Crippen LogP contribution in [0.15, 0.2) is 18.2 Å². The molecule has 14 heavy (non-hydrogen) atoms. The Hall–Kier alpha value is -1.27. The number of nitrogens with two attached hydrogens (primary N) is 1. The van der Waals surface area contributed by atoms with Crippen molar-refractivity contribution in [3.63, 3.8) is 0 Å². The van der Waals surface area contributed by atoms with E-state index >= 15 is 0 Å². The zero-order chi connectivity index (χ0) is 10.8. The molecule has 0 aliphatic carbocycles.